The molecule has 0 bridgehead atoms. The molecule has 0 saturated heterocycles. The minimum atomic E-state index is -1.66. The number of aliphatic hydroxyl groups is 1. The molecule has 1 aromatic rings. The van der Waals surface area contributed by atoms with E-state index in [0.29, 0.717) is 11.3 Å². The Hall–Kier alpha value is -0.0900. The van der Waals surface area contributed by atoms with Crippen LogP contribution in [0.25, 0.3) is 0 Å². The van der Waals surface area contributed by atoms with Crippen LogP contribution in [-0.4, -0.2) is 19.1 Å². The molecule has 1 N–H and O–H groups in total. The van der Waals surface area contributed by atoms with Gasteiger partial charge in [-0.05, 0) is 18.6 Å². The second-order valence-electron chi connectivity index (χ2n) is 4.86. The maximum Gasteiger partial charge on any atom is 0.221 e. The molecule has 0 saturated carbocycles. The monoisotopic (exact) mass is 336 g/mol. The summed E-state index contributed by atoms with van der Waals surface area (Å²) in [7, 11) is -1.65. The molecule has 2 atom stereocenters. The van der Waals surface area contributed by atoms with Crippen molar-refractivity contribution in [2.75, 3.05) is 0 Å². The molecule has 0 fully saturated rings. The summed E-state index contributed by atoms with van der Waals surface area (Å²) in [4.78, 5) is 0.530. The highest BCUT2D eigenvalue weighted by atomic mass is 35.5. The lowest BCUT2D eigenvalue weighted by atomic mass is 10.1. The lowest BCUT2D eigenvalue weighted by Gasteiger charge is -2.25. The van der Waals surface area contributed by atoms with E-state index in [2.05, 4.69) is 6.92 Å². The van der Waals surface area contributed by atoms with Gasteiger partial charge in [0.15, 0.2) is 0 Å². The molecule has 1 rings (SSSR count). The van der Waals surface area contributed by atoms with Crippen molar-refractivity contribution in [3.63, 3.8) is 0 Å². The molecule has 114 valence electrons. The molecule has 0 radical (unpaired) electrons. The minimum absolute atomic E-state index is 0.468. The number of hydrogen-bond donors (Lipinski definition) is 1. The number of unbranched alkanes of at least 4 members (excludes halogenated alkanes) is 4. The van der Waals surface area contributed by atoms with E-state index in [-0.39, 0.29) is 0 Å². The van der Waals surface area contributed by atoms with Crippen molar-refractivity contribution in [3.8, 4) is 0 Å². The van der Waals surface area contributed by atoms with Gasteiger partial charge in [-0.15, -0.1) is 0 Å². The van der Waals surface area contributed by atoms with Crippen LogP contribution in [0.2, 0.25) is 0 Å². The van der Waals surface area contributed by atoms with Gasteiger partial charge < -0.3 is 5.11 Å². The van der Waals surface area contributed by atoms with Gasteiger partial charge in [-0.2, -0.15) is 0 Å². The number of alkyl halides is 2. The summed E-state index contributed by atoms with van der Waals surface area (Å²) in [5.74, 6) is 0. The molecule has 0 aliphatic heterocycles. The molecule has 0 spiro atoms. The average Bonchev–Trinajstić information content (AvgIpc) is 2.46. The van der Waals surface area contributed by atoms with Crippen molar-refractivity contribution >= 4 is 34.0 Å². The van der Waals surface area contributed by atoms with Crippen LogP contribution in [-0.2, 0) is 10.8 Å². The van der Waals surface area contributed by atoms with Crippen LogP contribution in [0, 0.1) is 0 Å². The molecule has 5 heteroatoms. The van der Waals surface area contributed by atoms with Gasteiger partial charge in [-0.1, -0.05) is 80.4 Å². The van der Waals surface area contributed by atoms with Crippen LogP contribution in [0.15, 0.2) is 35.2 Å². The van der Waals surface area contributed by atoms with Gasteiger partial charge in [-0.25, -0.2) is 0 Å². The molecule has 0 amide bonds. The van der Waals surface area contributed by atoms with Crippen LogP contribution in [0.3, 0.4) is 0 Å². The largest absolute Gasteiger partial charge is 0.389 e. The Morgan fingerprint density at radius 1 is 1.15 bits per heavy atom. The average molecular weight is 337 g/mol. The van der Waals surface area contributed by atoms with E-state index in [9.17, 15) is 9.32 Å². The zero-order chi connectivity index (χ0) is 15.0. The van der Waals surface area contributed by atoms with Crippen molar-refractivity contribution in [2.24, 2.45) is 0 Å². The first-order valence-electron chi connectivity index (χ1n) is 7.03. The Morgan fingerprint density at radius 2 is 1.75 bits per heavy atom. The second-order valence-corrected chi connectivity index (χ2v) is 8.35. The smallest absolute Gasteiger partial charge is 0.221 e. The molecule has 0 aromatic heterocycles. The van der Waals surface area contributed by atoms with Gasteiger partial charge >= 0.3 is 0 Å². The lowest BCUT2D eigenvalue weighted by molar-refractivity contribution is 0.165. The van der Waals surface area contributed by atoms with E-state index >= 15 is 0 Å². The van der Waals surface area contributed by atoms with Crippen molar-refractivity contribution in [2.45, 2.75) is 60.1 Å². The van der Waals surface area contributed by atoms with E-state index in [0.717, 1.165) is 19.3 Å². The zero-order valence-corrected chi connectivity index (χ0v) is 14.1. The van der Waals surface area contributed by atoms with Crippen molar-refractivity contribution in [1.82, 2.24) is 0 Å². The van der Waals surface area contributed by atoms with Crippen LogP contribution in [0.5, 0.6) is 0 Å². The van der Waals surface area contributed by atoms with E-state index in [4.69, 9.17) is 23.2 Å². The molecule has 0 heterocycles. The summed E-state index contributed by atoms with van der Waals surface area (Å²) >= 11 is 12.3. The molecular weight excluding hydrogens is 315 g/mol. The van der Waals surface area contributed by atoms with Crippen molar-refractivity contribution in [3.05, 3.63) is 30.3 Å². The lowest BCUT2D eigenvalue weighted by Crippen LogP contribution is -2.35. The number of benzene rings is 1. The quantitative estimate of drug-likeness (QED) is 0.526. The minimum Gasteiger partial charge on any atom is -0.389 e. The molecule has 2 unspecified atom stereocenters. The number of halogens is 2. The Morgan fingerprint density at radius 3 is 2.35 bits per heavy atom. The van der Waals surface area contributed by atoms with Gasteiger partial charge in [-0.3, -0.25) is 4.21 Å². The topological polar surface area (TPSA) is 37.3 Å². The zero-order valence-electron chi connectivity index (χ0n) is 11.7. The van der Waals surface area contributed by atoms with E-state index in [1.165, 1.54) is 12.8 Å². The van der Waals surface area contributed by atoms with Crippen molar-refractivity contribution < 1.29 is 9.32 Å². The van der Waals surface area contributed by atoms with E-state index in [1.807, 2.05) is 6.07 Å². The summed E-state index contributed by atoms with van der Waals surface area (Å²) in [6, 6.07) is 8.77. The van der Waals surface area contributed by atoms with Gasteiger partial charge in [0.1, 0.15) is 0 Å². The van der Waals surface area contributed by atoms with Gasteiger partial charge in [0.05, 0.1) is 16.9 Å². The third-order valence-corrected chi connectivity index (χ3v) is 5.98. The summed E-state index contributed by atoms with van der Waals surface area (Å²) in [5, 5.41) is 10.1. The first kappa shape index (κ1) is 18.0. The third kappa shape index (κ3) is 5.36. The maximum absolute atomic E-state index is 12.3. The summed E-state index contributed by atoms with van der Waals surface area (Å²) in [6.45, 7) is 2.15. The molecule has 0 aliphatic rings. The van der Waals surface area contributed by atoms with E-state index < -0.39 is 20.6 Å². The molecular formula is C15H22Cl2O2S. The summed E-state index contributed by atoms with van der Waals surface area (Å²) in [6.07, 6.45) is 4.86. The SMILES string of the molecule is CCCCCCCC(O)C(Cl)(Cl)S(=O)c1ccccc1. The summed E-state index contributed by atoms with van der Waals surface area (Å²) < 4.78 is 10.7. The van der Waals surface area contributed by atoms with Crippen LogP contribution >= 0.6 is 23.2 Å². The molecule has 0 aliphatic carbocycles. The standard InChI is InChI=1S/C15H22Cl2O2S/c1-2-3-4-5-9-12-14(18)15(16,17)20(19)13-10-7-6-8-11-13/h6-8,10-11,14,18H,2-5,9,12H2,1H3. The highest BCUT2D eigenvalue weighted by Crippen LogP contribution is 2.35. The van der Waals surface area contributed by atoms with Crippen LogP contribution < -0.4 is 0 Å². The normalized spacial score (nSPS) is 15.0. The highest BCUT2D eigenvalue weighted by Gasteiger charge is 2.40. The first-order valence-corrected chi connectivity index (χ1v) is 8.93. The van der Waals surface area contributed by atoms with Gasteiger partial charge in [0, 0.05) is 4.90 Å². The maximum atomic E-state index is 12.3. The Balaban J connectivity index is 2.52. The third-order valence-electron chi connectivity index (χ3n) is 3.17. The number of aliphatic hydroxyl groups excluding tert-OH is 1. The van der Waals surface area contributed by atoms with Crippen LogP contribution in [0.4, 0.5) is 0 Å². The fraction of sp³-hybridized carbons (Fsp3) is 0.600. The Labute approximate surface area is 133 Å². The first-order chi connectivity index (χ1) is 9.50. The fourth-order valence-electron chi connectivity index (χ4n) is 1.93. The molecule has 2 nitrogen and oxygen atoms in total. The van der Waals surface area contributed by atoms with Gasteiger partial charge in [0.2, 0.25) is 3.67 Å². The Bertz CT molecular complexity index is 410. The number of hydrogen-bond acceptors (Lipinski definition) is 2. The second kappa shape index (κ2) is 9.04. The predicted molar refractivity (Wildman–Crippen MR) is 86.7 cm³/mol. The summed E-state index contributed by atoms with van der Waals surface area (Å²) in [5.41, 5.74) is 0. The molecule has 1 aromatic carbocycles. The molecule has 20 heavy (non-hydrogen) atoms. The highest BCUT2D eigenvalue weighted by molar-refractivity contribution is 7.89. The van der Waals surface area contributed by atoms with Crippen LogP contribution in [0.1, 0.15) is 45.4 Å². The number of rotatable bonds is 9. The van der Waals surface area contributed by atoms with Crippen molar-refractivity contribution in [1.29, 1.82) is 0 Å². The van der Waals surface area contributed by atoms with E-state index in [1.54, 1.807) is 24.3 Å². The van der Waals surface area contributed by atoms with Gasteiger partial charge in [0.25, 0.3) is 0 Å². The fourth-order valence-corrected chi connectivity index (χ4v) is 3.77. The predicted octanol–water partition coefficient (Wildman–Crippen LogP) is 4.65. The Kier molecular flexibility index (Phi) is 8.11.